The topological polar surface area (TPSA) is 86.8 Å². The van der Waals surface area contributed by atoms with Crippen LogP contribution in [0.3, 0.4) is 0 Å². The van der Waals surface area contributed by atoms with Gasteiger partial charge in [-0.15, -0.1) is 0 Å². The molecule has 0 aliphatic rings. The molecule has 3 aromatic rings. The molecule has 0 aromatic heterocycles. The van der Waals surface area contributed by atoms with Gasteiger partial charge in [0.2, 0.25) is 11.8 Å². The lowest BCUT2D eigenvalue weighted by Crippen LogP contribution is -2.52. The first-order valence-corrected chi connectivity index (χ1v) is 14.6. The Hall–Kier alpha value is -3.43. The molecular weight excluding hydrogens is 541 g/mol. The summed E-state index contributed by atoms with van der Waals surface area (Å²) in [6, 6.07) is 17.8. The maximum Gasteiger partial charge on any atom is 0.264 e. The Labute approximate surface area is 234 Å². The number of aryl methyl sites for hydroxylation is 1. The van der Waals surface area contributed by atoms with Crippen molar-refractivity contribution in [3.8, 4) is 0 Å². The Balaban J connectivity index is 2.06. The third-order valence-corrected chi connectivity index (χ3v) is 8.29. The minimum absolute atomic E-state index is 0.0253. The summed E-state index contributed by atoms with van der Waals surface area (Å²) in [6.45, 7) is 5.59. The number of hydrogen-bond acceptors (Lipinski definition) is 4. The van der Waals surface area contributed by atoms with E-state index in [9.17, 15) is 22.4 Å². The van der Waals surface area contributed by atoms with E-state index in [2.05, 4.69) is 5.32 Å². The Bertz CT molecular complexity index is 1390. The smallest absolute Gasteiger partial charge is 0.264 e. The predicted octanol–water partition coefficient (Wildman–Crippen LogP) is 5.32. The van der Waals surface area contributed by atoms with Crippen LogP contribution in [0.15, 0.2) is 77.7 Å². The third kappa shape index (κ3) is 7.58. The monoisotopic (exact) mass is 573 g/mol. The molecule has 0 unspecified atom stereocenters. The van der Waals surface area contributed by atoms with Gasteiger partial charge in [-0.3, -0.25) is 13.9 Å². The van der Waals surface area contributed by atoms with Gasteiger partial charge >= 0.3 is 0 Å². The summed E-state index contributed by atoms with van der Waals surface area (Å²) >= 11 is 5.99. The van der Waals surface area contributed by atoms with Crippen molar-refractivity contribution in [1.29, 1.82) is 0 Å². The lowest BCUT2D eigenvalue weighted by atomic mass is 10.1. The molecule has 3 rings (SSSR count). The van der Waals surface area contributed by atoms with Gasteiger partial charge in [-0.1, -0.05) is 73.5 Å². The van der Waals surface area contributed by atoms with Gasteiger partial charge < -0.3 is 10.2 Å². The summed E-state index contributed by atoms with van der Waals surface area (Å²) in [5.74, 6) is -1.63. The Morgan fingerprint density at radius 1 is 1.00 bits per heavy atom. The summed E-state index contributed by atoms with van der Waals surface area (Å²) in [6.07, 6.45) is 1.05. The quantitative estimate of drug-likeness (QED) is 0.318. The molecule has 2 amide bonds. The van der Waals surface area contributed by atoms with E-state index in [-0.39, 0.29) is 28.1 Å². The lowest BCUT2D eigenvalue weighted by molar-refractivity contribution is -0.140. The average molecular weight is 574 g/mol. The fourth-order valence-electron chi connectivity index (χ4n) is 4.06. The highest BCUT2D eigenvalue weighted by Gasteiger charge is 2.33. The first kappa shape index (κ1) is 30.1. The van der Waals surface area contributed by atoms with Gasteiger partial charge in [0, 0.05) is 13.1 Å². The van der Waals surface area contributed by atoms with Crippen LogP contribution in [0.2, 0.25) is 5.02 Å². The van der Waals surface area contributed by atoms with Crippen molar-refractivity contribution in [1.82, 2.24) is 10.2 Å². The molecule has 10 heteroatoms. The first-order chi connectivity index (χ1) is 18.6. The Morgan fingerprint density at radius 2 is 1.67 bits per heavy atom. The molecule has 0 fully saturated rings. The van der Waals surface area contributed by atoms with Crippen LogP contribution in [0.5, 0.6) is 0 Å². The molecule has 0 saturated carbocycles. The number of hydrogen-bond donors (Lipinski definition) is 1. The standard InChI is InChI=1S/C29H33ClFN3O4S/c1-4-17-32-29(36)27(5-2)33(19-22-13-11-21(3)12-14-22)28(35)20-34(23-15-16-26(31)25(30)18-23)39(37,38)24-9-7-6-8-10-24/h6-16,18,27H,4-5,17,19-20H2,1-3H3,(H,32,36)/t27-/m0/s1. The van der Waals surface area contributed by atoms with E-state index in [0.29, 0.717) is 13.0 Å². The molecule has 7 nitrogen and oxygen atoms in total. The number of amides is 2. The molecular formula is C29H33ClFN3O4S. The zero-order valence-corrected chi connectivity index (χ0v) is 23.8. The van der Waals surface area contributed by atoms with Gasteiger partial charge in [0.05, 0.1) is 15.6 Å². The highest BCUT2D eigenvalue weighted by Crippen LogP contribution is 2.28. The van der Waals surface area contributed by atoms with Crippen LogP contribution in [0.25, 0.3) is 0 Å². The molecule has 208 valence electrons. The van der Waals surface area contributed by atoms with Crippen LogP contribution < -0.4 is 9.62 Å². The predicted molar refractivity (Wildman–Crippen MR) is 151 cm³/mol. The van der Waals surface area contributed by atoms with Crippen molar-refractivity contribution >= 4 is 39.1 Å². The van der Waals surface area contributed by atoms with Crippen molar-refractivity contribution in [2.45, 2.75) is 51.1 Å². The van der Waals surface area contributed by atoms with Gasteiger partial charge in [-0.2, -0.15) is 0 Å². The SMILES string of the molecule is CCCNC(=O)[C@H](CC)N(Cc1ccc(C)cc1)C(=O)CN(c1ccc(F)c(Cl)c1)S(=O)(=O)c1ccccc1. The second-order valence-electron chi connectivity index (χ2n) is 9.15. The van der Waals surface area contributed by atoms with Crippen LogP contribution in [0.1, 0.15) is 37.8 Å². The van der Waals surface area contributed by atoms with Gasteiger partial charge in [0.15, 0.2) is 0 Å². The number of nitrogens with zero attached hydrogens (tertiary/aromatic N) is 2. The molecule has 0 radical (unpaired) electrons. The first-order valence-electron chi connectivity index (χ1n) is 12.7. The van der Waals surface area contributed by atoms with E-state index in [1.54, 1.807) is 25.1 Å². The maximum absolute atomic E-state index is 14.0. The second kappa shape index (κ2) is 13.6. The van der Waals surface area contributed by atoms with Crippen molar-refractivity contribution < 1.29 is 22.4 Å². The Morgan fingerprint density at radius 3 is 2.26 bits per heavy atom. The van der Waals surface area contributed by atoms with Gasteiger partial charge in [0.1, 0.15) is 18.4 Å². The van der Waals surface area contributed by atoms with Crippen LogP contribution in [-0.2, 0) is 26.2 Å². The van der Waals surface area contributed by atoms with E-state index in [4.69, 9.17) is 11.6 Å². The summed E-state index contributed by atoms with van der Waals surface area (Å²) in [7, 11) is -4.25. The zero-order chi connectivity index (χ0) is 28.6. The average Bonchev–Trinajstić information content (AvgIpc) is 2.93. The zero-order valence-electron chi connectivity index (χ0n) is 22.2. The largest absolute Gasteiger partial charge is 0.354 e. The fourth-order valence-corrected chi connectivity index (χ4v) is 5.67. The summed E-state index contributed by atoms with van der Waals surface area (Å²) in [4.78, 5) is 28.4. The van der Waals surface area contributed by atoms with E-state index in [0.717, 1.165) is 27.9 Å². The fraction of sp³-hybridized carbons (Fsp3) is 0.310. The minimum atomic E-state index is -4.25. The number of halogens is 2. The molecule has 0 aliphatic carbocycles. The summed E-state index contributed by atoms with van der Waals surface area (Å²) in [5.41, 5.74) is 1.85. The third-order valence-electron chi connectivity index (χ3n) is 6.21. The molecule has 1 atom stereocenters. The van der Waals surface area contributed by atoms with Gasteiger partial charge in [-0.25, -0.2) is 12.8 Å². The lowest BCUT2D eigenvalue weighted by Gasteiger charge is -2.33. The van der Waals surface area contributed by atoms with E-state index in [1.807, 2.05) is 38.1 Å². The number of benzene rings is 3. The molecule has 3 aromatic carbocycles. The van der Waals surface area contributed by atoms with E-state index < -0.39 is 34.3 Å². The molecule has 39 heavy (non-hydrogen) atoms. The molecule has 0 spiro atoms. The minimum Gasteiger partial charge on any atom is -0.354 e. The highest BCUT2D eigenvalue weighted by molar-refractivity contribution is 7.92. The van der Waals surface area contributed by atoms with Crippen LogP contribution >= 0.6 is 11.6 Å². The molecule has 0 heterocycles. The second-order valence-corrected chi connectivity index (χ2v) is 11.4. The van der Waals surface area contributed by atoms with Crippen molar-refractivity contribution in [2.75, 3.05) is 17.4 Å². The van der Waals surface area contributed by atoms with E-state index in [1.165, 1.54) is 29.2 Å². The normalized spacial score (nSPS) is 12.0. The van der Waals surface area contributed by atoms with E-state index >= 15 is 0 Å². The number of sulfonamides is 1. The van der Waals surface area contributed by atoms with Crippen LogP contribution in [-0.4, -0.2) is 44.3 Å². The number of nitrogens with one attached hydrogen (secondary N) is 1. The Kier molecular flexibility index (Phi) is 10.5. The molecule has 0 aliphatic heterocycles. The summed E-state index contributed by atoms with van der Waals surface area (Å²) in [5, 5.41) is 2.56. The molecule has 0 bridgehead atoms. The summed E-state index contributed by atoms with van der Waals surface area (Å²) < 4.78 is 42.3. The van der Waals surface area contributed by atoms with Crippen molar-refractivity contribution in [3.05, 3.63) is 94.8 Å². The van der Waals surface area contributed by atoms with Crippen LogP contribution in [0, 0.1) is 12.7 Å². The highest BCUT2D eigenvalue weighted by atomic mass is 35.5. The molecule has 0 saturated heterocycles. The van der Waals surface area contributed by atoms with Crippen LogP contribution in [0.4, 0.5) is 10.1 Å². The number of carbonyl (C=O) groups is 2. The van der Waals surface area contributed by atoms with Gasteiger partial charge in [0.25, 0.3) is 10.0 Å². The van der Waals surface area contributed by atoms with Crippen molar-refractivity contribution in [2.24, 2.45) is 0 Å². The van der Waals surface area contributed by atoms with Gasteiger partial charge in [-0.05, 0) is 55.7 Å². The molecule has 1 N–H and O–H groups in total. The number of rotatable bonds is 12. The maximum atomic E-state index is 14.0. The number of anilines is 1. The number of carbonyl (C=O) groups excluding carboxylic acids is 2. The van der Waals surface area contributed by atoms with Crippen molar-refractivity contribution in [3.63, 3.8) is 0 Å².